The maximum absolute atomic E-state index is 8.19. The lowest BCUT2D eigenvalue weighted by Gasteiger charge is -2.29. The predicted molar refractivity (Wildman–Crippen MR) is 64.5 cm³/mol. The number of nitrogens with one attached hydrogen (secondary N) is 2. The monoisotopic (exact) mass is 234 g/mol. The molecule has 1 saturated carbocycles. The Morgan fingerprint density at radius 1 is 1.47 bits per heavy atom. The molecule has 1 aliphatic rings. The van der Waals surface area contributed by atoms with E-state index < -0.39 is 0 Å². The molecule has 0 aromatic carbocycles. The van der Waals surface area contributed by atoms with Gasteiger partial charge in [-0.3, -0.25) is 10.8 Å². The molecule has 1 aromatic rings. The first-order chi connectivity index (χ1) is 8.11. The van der Waals surface area contributed by atoms with Gasteiger partial charge in [0.05, 0.1) is 0 Å². The molecule has 0 radical (unpaired) electrons. The minimum Gasteiger partial charge on any atom is -0.381 e. The van der Waals surface area contributed by atoms with Gasteiger partial charge in [-0.05, 0) is 12.3 Å². The summed E-state index contributed by atoms with van der Waals surface area (Å²) in [6.45, 7) is 2.16. The van der Waals surface area contributed by atoms with Gasteiger partial charge in [-0.1, -0.05) is 26.2 Å². The maximum Gasteiger partial charge on any atom is 0.190 e. The van der Waals surface area contributed by atoms with Crippen molar-refractivity contribution in [3.8, 4) is 0 Å². The molecular weight excluding hydrogens is 216 g/mol. The summed E-state index contributed by atoms with van der Waals surface area (Å²) in [6, 6.07) is 0. The molecule has 0 amide bonds. The number of anilines is 1. The molecule has 0 spiro atoms. The SMILES string of the molecule is CC1CCCCC1C(=N)n1ncnc(N)c1=N. The Labute approximate surface area is 99.9 Å². The summed E-state index contributed by atoms with van der Waals surface area (Å²) in [5, 5.41) is 19.9. The van der Waals surface area contributed by atoms with Crippen LogP contribution in [0.3, 0.4) is 0 Å². The van der Waals surface area contributed by atoms with E-state index in [4.69, 9.17) is 16.6 Å². The Kier molecular flexibility index (Phi) is 3.21. The van der Waals surface area contributed by atoms with Crippen molar-refractivity contribution in [2.75, 3.05) is 5.73 Å². The van der Waals surface area contributed by atoms with E-state index in [-0.39, 0.29) is 17.2 Å². The molecule has 2 rings (SSSR count). The quantitative estimate of drug-likeness (QED) is 0.498. The highest BCUT2D eigenvalue weighted by molar-refractivity contribution is 5.83. The highest BCUT2D eigenvalue weighted by atomic mass is 15.3. The van der Waals surface area contributed by atoms with Gasteiger partial charge in [0.2, 0.25) is 0 Å². The number of nitrogens with zero attached hydrogens (tertiary/aromatic N) is 3. The number of rotatable bonds is 1. The van der Waals surface area contributed by atoms with Crippen molar-refractivity contribution in [3.05, 3.63) is 11.8 Å². The summed E-state index contributed by atoms with van der Waals surface area (Å²) in [4.78, 5) is 3.75. The molecule has 1 heterocycles. The molecule has 1 aliphatic carbocycles. The third-order valence-electron chi connectivity index (χ3n) is 3.51. The van der Waals surface area contributed by atoms with Crippen LogP contribution < -0.4 is 11.2 Å². The van der Waals surface area contributed by atoms with Crippen molar-refractivity contribution in [1.82, 2.24) is 14.8 Å². The molecule has 0 bridgehead atoms. The fraction of sp³-hybridized carbons (Fsp3) is 0.636. The largest absolute Gasteiger partial charge is 0.381 e. The lowest BCUT2D eigenvalue weighted by Crippen LogP contribution is -2.38. The Hall–Kier alpha value is -1.72. The summed E-state index contributed by atoms with van der Waals surface area (Å²) in [7, 11) is 0. The van der Waals surface area contributed by atoms with Crippen LogP contribution in [0.2, 0.25) is 0 Å². The predicted octanol–water partition coefficient (Wildman–Crippen LogP) is 0.991. The second-order valence-corrected chi connectivity index (χ2v) is 4.66. The number of nitrogen functional groups attached to an aromatic ring is 1. The van der Waals surface area contributed by atoms with Crippen molar-refractivity contribution in [2.45, 2.75) is 32.6 Å². The fourth-order valence-electron chi connectivity index (χ4n) is 2.43. The summed E-state index contributed by atoms with van der Waals surface area (Å²) < 4.78 is 1.30. The summed E-state index contributed by atoms with van der Waals surface area (Å²) in [5.41, 5.74) is 5.58. The zero-order chi connectivity index (χ0) is 12.4. The molecule has 92 valence electrons. The van der Waals surface area contributed by atoms with Crippen LogP contribution in [0.25, 0.3) is 0 Å². The summed E-state index contributed by atoms with van der Waals surface area (Å²) in [6.07, 6.45) is 5.81. The van der Waals surface area contributed by atoms with Crippen molar-refractivity contribution in [3.63, 3.8) is 0 Å². The van der Waals surface area contributed by atoms with Crippen LogP contribution in [0.5, 0.6) is 0 Å². The molecule has 6 heteroatoms. The van der Waals surface area contributed by atoms with Gasteiger partial charge in [-0.15, -0.1) is 0 Å². The van der Waals surface area contributed by atoms with Crippen LogP contribution in [-0.4, -0.2) is 20.6 Å². The molecule has 4 N–H and O–H groups in total. The molecule has 2 atom stereocenters. The van der Waals surface area contributed by atoms with Crippen LogP contribution in [0, 0.1) is 22.7 Å². The highest BCUT2D eigenvalue weighted by Crippen LogP contribution is 2.30. The first kappa shape index (κ1) is 11.8. The first-order valence-electron chi connectivity index (χ1n) is 5.94. The Morgan fingerprint density at radius 3 is 2.88 bits per heavy atom. The van der Waals surface area contributed by atoms with Crippen LogP contribution in [0.1, 0.15) is 32.6 Å². The normalized spacial score (nSPS) is 24.5. The number of hydrogen-bond acceptors (Lipinski definition) is 5. The molecule has 0 saturated heterocycles. The van der Waals surface area contributed by atoms with Gasteiger partial charge < -0.3 is 5.73 Å². The smallest absolute Gasteiger partial charge is 0.190 e. The van der Waals surface area contributed by atoms with Crippen LogP contribution in [0.4, 0.5) is 5.82 Å². The fourth-order valence-corrected chi connectivity index (χ4v) is 2.43. The van der Waals surface area contributed by atoms with Crippen molar-refractivity contribution in [1.29, 1.82) is 10.8 Å². The molecule has 17 heavy (non-hydrogen) atoms. The van der Waals surface area contributed by atoms with Gasteiger partial charge >= 0.3 is 0 Å². The van der Waals surface area contributed by atoms with Crippen LogP contribution in [0.15, 0.2) is 6.33 Å². The number of aromatic nitrogens is 3. The van der Waals surface area contributed by atoms with E-state index in [2.05, 4.69) is 17.0 Å². The standard InChI is InChI=1S/C11H18N6/c1-7-4-2-3-5-8(7)10(13)17-11(14)9(12)15-6-16-17/h6-8,13-14H,2-5H2,1H3,(H2,12,15,16). The average Bonchev–Trinajstić information content (AvgIpc) is 2.32. The maximum atomic E-state index is 8.19. The van der Waals surface area contributed by atoms with Crippen molar-refractivity contribution < 1.29 is 0 Å². The average molecular weight is 234 g/mol. The van der Waals surface area contributed by atoms with Gasteiger partial charge in [0.15, 0.2) is 11.3 Å². The van der Waals surface area contributed by atoms with E-state index in [1.165, 1.54) is 17.4 Å². The molecule has 2 unspecified atom stereocenters. The number of hydrogen-bond donors (Lipinski definition) is 3. The van der Waals surface area contributed by atoms with E-state index in [1.807, 2.05) is 0 Å². The molecule has 0 aliphatic heterocycles. The van der Waals surface area contributed by atoms with Gasteiger partial charge in [0, 0.05) is 5.92 Å². The molecule has 1 fully saturated rings. The minimum atomic E-state index is 0.00951. The van der Waals surface area contributed by atoms with Gasteiger partial charge in [-0.25, -0.2) is 4.98 Å². The lowest BCUT2D eigenvalue weighted by atomic mass is 9.80. The minimum absolute atomic E-state index is 0.00951. The van der Waals surface area contributed by atoms with Crippen molar-refractivity contribution in [2.24, 2.45) is 11.8 Å². The Balaban J connectivity index is 2.30. The zero-order valence-electron chi connectivity index (χ0n) is 9.98. The summed E-state index contributed by atoms with van der Waals surface area (Å²) >= 11 is 0. The number of nitrogens with two attached hydrogens (primary N) is 1. The van der Waals surface area contributed by atoms with Gasteiger partial charge in [0.1, 0.15) is 12.2 Å². The topological polar surface area (TPSA) is 104 Å². The second-order valence-electron chi connectivity index (χ2n) is 4.66. The highest BCUT2D eigenvalue weighted by Gasteiger charge is 2.27. The van der Waals surface area contributed by atoms with Gasteiger partial charge in [-0.2, -0.15) is 9.78 Å². The second kappa shape index (κ2) is 4.65. The molecule has 6 nitrogen and oxygen atoms in total. The van der Waals surface area contributed by atoms with Gasteiger partial charge in [0.25, 0.3) is 0 Å². The van der Waals surface area contributed by atoms with E-state index >= 15 is 0 Å². The third kappa shape index (κ3) is 2.20. The molecular formula is C11H18N6. The van der Waals surface area contributed by atoms with Crippen molar-refractivity contribution >= 4 is 11.7 Å². The first-order valence-corrected chi connectivity index (χ1v) is 5.94. The van der Waals surface area contributed by atoms with E-state index in [0.29, 0.717) is 11.8 Å². The van der Waals surface area contributed by atoms with E-state index in [9.17, 15) is 0 Å². The third-order valence-corrected chi connectivity index (χ3v) is 3.51. The van der Waals surface area contributed by atoms with Crippen LogP contribution >= 0.6 is 0 Å². The Bertz CT molecular complexity index is 477. The Morgan fingerprint density at radius 2 is 2.18 bits per heavy atom. The molecule has 1 aromatic heterocycles. The summed E-state index contributed by atoms with van der Waals surface area (Å²) in [5.74, 6) is 1.14. The van der Waals surface area contributed by atoms with Crippen LogP contribution in [-0.2, 0) is 0 Å². The zero-order valence-corrected chi connectivity index (χ0v) is 9.98. The van der Waals surface area contributed by atoms with E-state index in [1.54, 1.807) is 0 Å². The lowest BCUT2D eigenvalue weighted by molar-refractivity contribution is 0.316. The van der Waals surface area contributed by atoms with E-state index in [0.717, 1.165) is 19.3 Å².